The molecule has 0 aliphatic rings. The molecule has 7 heteroatoms. The summed E-state index contributed by atoms with van der Waals surface area (Å²) in [7, 11) is -3.88. The second kappa shape index (κ2) is 5.74. The van der Waals surface area contributed by atoms with Gasteiger partial charge in [0.15, 0.2) is 0 Å². The second-order valence-corrected chi connectivity index (χ2v) is 5.49. The Hall–Kier alpha value is -1.73. The Kier molecular flexibility index (Phi) is 4.57. The fourth-order valence-electron chi connectivity index (χ4n) is 1.29. The van der Waals surface area contributed by atoms with Crippen molar-refractivity contribution in [3.05, 3.63) is 29.8 Å². The van der Waals surface area contributed by atoms with E-state index in [1.165, 1.54) is 12.1 Å². The van der Waals surface area contributed by atoms with Crippen molar-refractivity contribution < 1.29 is 23.1 Å². The summed E-state index contributed by atoms with van der Waals surface area (Å²) in [4.78, 5) is 21.0. The maximum atomic E-state index is 11.8. The molecule has 1 rings (SSSR count). The molecule has 1 atom stereocenters. The van der Waals surface area contributed by atoms with Gasteiger partial charge in [-0.25, -0.2) is 13.1 Å². The van der Waals surface area contributed by atoms with E-state index in [0.717, 1.165) is 5.56 Å². The van der Waals surface area contributed by atoms with Crippen molar-refractivity contribution >= 4 is 22.3 Å². The summed E-state index contributed by atoms with van der Waals surface area (Å²) in [6.07, 6.45) is -0.325. The van der Waals surface area contributed by atoms with Gasteiger partial charge in [-0.3, -0.25) is 4.79 Å². The molecule has 98 valence electrons. The minimum Gasteiger partial charge on any atom is -0.481 e. The molecule has 0 bridgehead atoms. The largest absolute Gasteiger partial charge is 0.481 e. The van der Waals surface area contributed by atoms with E-state index >= 15 is 0 Å². The van der Waals surface area contributed by atoms with E-state index in [9.17, 15) is 18.0 Å². The first-order valence-corrected chi connectivity index (χ1v) is 6.59. The van der Waals surface area contributed by atoms with Crippen LogP contribution in [0.5, 0.6) is 0 Å². The lowest BCUT2D eigenvalue weighted by atomic mass is 10.2. The number of rotatable bonds is 6. The number of carboxylic acid groups (broad SMARTS) is 1. The van der Waals surface area contributed by atoms with Gasteiger partial charge >= 0.3 is 5.97 Å². The van der Waals surface area contributed by atoms with E-state index in [1.807, 2.05) is 11.6 Å². The maximum Gasteiger partial charge on any atom is 0.305 e. The lowest BCUT2D eigenvalue weighted by Gasteiger charge is -2.11. The highest BCUT2D eigenvalue weighted by Crippen LogP contribution is 2.10. The predicted octanol–water partition coefficient (Wildman–Crippen LogP) is 0.316. The Bertz CT molecular complexity index is 535. The summed E-state index contributed by atoms with van der Waals surface area (Å²) in [6.45, 7) is 1.81. The molecular weight excluding hydrogens is 258 g/mol. The van der Waals surface area contributed by atoms with Crippen LogP contribution in [-0.4, -0.2) is 31.8 Å². The number of carbonyl (C=O) groups excluding carboxylic acids is 1. The van der Waals surface area contributed by atoms with Gasteiger partial charge in [0.2, 0.25) is 10.0 Å². The van der Waals surface area contributed by atoms with Crippen molar-refractivity contribution in [1.29, 1.82) is 0 Å². The molecule has 0 saturated carbocycles. The highest BCUT2D eigenvalue weighted by Gasteiger charge is 2.21. The fraction of sp³-hybridized carbons (Fsp3) is 0.273. The lowest BCUT2D eigenvalue weighted by Crippen LogP contribution is -2.37. The number of hydrogen-bond donors (Lipinski definition) is 2. The van der Waals surface area contributed by atoms with Crippen molar-refractivity contribution in [2.75, 3.05) is 0 Å². The highest BCUT2D eigenvalue weighted by molar-refractivity contribution is 7.89. The zero-order chi connectivity index (χ0) is 13.8. The molecule has 0 saturated heterocycles. The number of benzene rings is 1. The third-order valence-corrected chi connectivity index (χ3v) is 3.70. The van der Waals surface area contributed by atoms with Crippen LogP contribution in [0.3, 0.4) is 0 Å². The summed E-state index contributed by atoms with van der Waals surface area (Å²) in [5.74, 6) is -1.25. The van der Waals surface area contributed by atoms with Gasteiger partial charge in [0, 0.05) is 0 Å². The smallest absolute Gasteiger partial charge is 0.305 e. The molecule has 18 heavy (non-hydrogen) atoms. The van der Waals surface area contributed by atoms with Crippen LogP contribution in [-0.2, 0) is 19.6 Å². The zero-order valence-corrected chi connectivity index (χ0v) is 10.5. The van der Waals surface area contributed by atoms with Crippen molar-refractivity contribution in [3.63, 3.8) is 0 Å². The van der Waals surface area contributed by atoms with E-state index < -0.39 is 28.5 Å². The Labute approximate surface area is 105 Å². The van der Waals surface area contributed by atoms with E-state index in [4.69, 9.17) is 5.11 Å². The average molecular weight is 271 g/mol. The van der Waals surface area contributed by atoms with Crippen LogP contribution in [0.25, 0.3) is 0 Å². The van der Waals surface area contributed by atoms with Gasteiger partial charge in [0.1, 0.15) is 6.29 Å². The molecule has 1 aromatic rings. The maximum absolute atomic E-state index is 11.8. The molecule has 6 nitrogen and oxygen atoms in total. The quantitative estimate of drug-likeness (QED) is 0.725. The van der Waals surface area contributed by atoms with Gasteiger partial charge in [-0.05, 0) is 19.1 Å². The SMILES string of the molecule is Cc1ccc(S(=O)(=O)N[C@H](C=O)CC(=O)O)cc1. The normalized spacial score (nSPS) is 12.9. The molecule has 0 aliphatic carbocycles. The van der Waals surface area contributed by atoms with Crippen LogP contribution in [0.1, 0.15) is 12.0 Å². The summed E-state index contributed by atoms with van der Waals surface area (Å²) in [6, 6.07) is 4.73. The molecule has 0 spiro atoms. The van der Waals surface area contributed by atoms with Gasteiger partial charge in [0.25, 0.3) is 0 Å². The standard InChI is InChI=1S/C11H13NO5S/c1-8-2-4-10(5-3-8)18(16,17)12-9(7-13)6-11(14)15/h2-5,7,9,12H,6H2,1H3,(H,14,15)/t9-/m0/s1. The van der Waals surface area contributed by atoms with Crippen LogP contribution in [0, 0.1) is 6.92 Å². The van der Waals surface area contributed by atoms with Gasteiger partial charge in [-0.1, -0.05) is 17.7 Å². The minimum absolute atomic E-state index is 0.00895. The Morgan fingerprint density at radius 3 is 2.39 bits per heavy atom. The van der Waals surface area contributed by atoms with Gasteiger partial charge < -0.3 is 9.90 Å². The van der Waals surface area contributed by atoms with Crippen molar-refractivity contribution in [3.8, 4) is 0 Å². The van der Waals surface area contributed by atoms with Gasteiger partial charge in [-0.15, -0.1) is 0 Å². The van der Waals surface area contributed by atoms with Crippen LogP contribution < -0.4 is 4.72 Å². The number of carboxylic acids is 1. The molecule has 0 heterocycles. The number of aldehydes is 1. The molecule has 0 aliphatic heterocycles. The first-order valence-electron chi connectivity index (χ1n) is 5.11. The van der Waals surface area contributed by atoms with Crippen LogP contribution >= 0.6 is 0 Å². The Balaban J connectivity index is 2.90. The summed E-state index contributed by atoms with van der Waals surface area (Å²) < 4.78 is 25.7. The van der Waals surface area contributed by atoms with Crippen LogP contribution in [0.15, 0.2) is 29.2 Å². The van der Waals surface area contributed by atoms with Crippen molar-refractivity contribution in [2.45, 2.75) is 24.3 Å². The Morgan fingerprint density at radius 1 is 1.39 bits per heavy atom. The molecule has 0 radical (unpaired) electrons. The number of sulfonamides is 1. The molecule has 0 amide bonds. The Morgan fingerprint density at radius 2 is 1.94 bits per heavy atom. The van der Waals surface area contributed by atoms with E-state index in [2.05, 4.69) is 0 Å². The third-order valence-electron chi connectivity index (χ3n) is 2.20. The highest BCUT2D eigenvalue weighted by atomic mass is 32.2. The molecular formula is C11H13NO5S. The van der Waals surface area contributed by atoms with Crippen LogP contribution in [0.4, 0.5) is 0 Å². The zero-order valence-electron chi connectivity index (χ0n) is 9.66. The second-order valence-electron chi connectivity index (χ2n) is 3.77. The van der Waals surface area contributed by atoms with Crippen LogP contribution in [0.2, 0.25) is 0 Å². The van der Waals surface area contributed by atoms with E-state index in [-0.39, 0.29) is 11.2 Å². The number of aliphatic carboxylic acids is 1. The average Bonchev–Trinajstić information content (AvgIpc) is 2.27. The number of aryl methyl sites for hydroxylation is 1. The van der Waals surface area contributed by atoms with Crippen molar-refractivity contribution in [1.82, 2.24) is 4.72 Å². The predicted molar refractivity (Wildman–Crippen MR) is 63.6 cm³/mol. The number of hydrogen-bond acceptors (Lipinski definition) is 4. The first-order chi connectivity index (χ1) is 8.35. The lowest BCUT2D eigenvalue weighted by molar-refractivity contribution is -0.138. The molecule has 2 N–H and O–H groups in total. The van der Waals surface area contributed by atoms with Gasteiger partial charge in [-0.2, -0.15) is 0 Å². The summed E-state index contributed by atoms with van der Waals surface area (Å²) >= 11 is 0. The molecule has 0 fully saturated rings. The first kappa shape index (κ1) is 14.3. The number of carbonyl (C=O) groups is 2. The third kappa shape index (κ3) is 3.94. The monoisotopic (exact) mass is 271 g/mol. The fourth-order valence-corrected chi connectivity index (χ4v) is 2.46. The molecule has 0 unspecified atom stereocenters. The topological polar surface area (TPSA) is 101 Å². The summed E-state index contributed by atoms with van der Waals surface area (Å²) in [5, 5.41) is 8.53. The molecule has 0 aromatic heterocycles. The minimum atomic E-state index is -3.88. The van der Waals surface area contributed by atoms with Gasteiger partial charge in [0.05, 0.1) is 17.4 Å². The molecule has 1 aromatic carbocycles. The number of nitrogens with one attached hydrogen (secondary N) is 1. The summed E-state index contributed by atoms with van der Waals surface area (Å²) in [5.41, 5.74) is 0.895. The van der Waals surface area contributed by atoms with Crippen molar-refractivity contribution in [2.24, 2.45) is 0 Å². The van der Waals surface area contributed by atoms with E-state index in [0.29, 0.717) is 0 Å². The van der Waals surface area contributed by atoms with E-state index in [1.54, 1.807) is 12.1 Å².